The van der Waals surface area contributed by atoms with Crippen molar-refractivity contribution in [2.45, 2.75) is 0 Å². The molecule has 0 fully saturated rings. The van der Waals surface area contributed by atoms with E-state index in [0.29, 0.717) is 12.2 Å². The molecule has 0 aliphatic heterocycles. The SMILES string of the molecule is CN(C)CCNC(=O)c1cn2cc(-c3ccccc3)ccc2n1. The average Bonchev–Trinajstić information content (AvgIpc) is 2.98. The molecule has 3 rings (SSSR count). The van der Waals surface area contributed by atoms with E-state index in [4.69, 9.17) is 0 Å². The number of nitrogens with one attached hydrogen (secondary N) is 1. The Labute approximate surface area is 135 Å². The van der Waals surface area contributed by atoms with Crippen LogP contribution in [0.4, 0.5) is 0 Å². The van der Waals surface area contributed by atoms with Crippen molar-refractivity contribution in [1.82, 2.24) is 19.6 Å². The van der Waals surface area contributed by atoms with Crippen molar-refractivity contribution < 1.29 is 4.79 Å². The molecule has 0 radical (unpaired) electrons. The average molecular weight is 308 g/mol. The molecule has 2 heterocycles. The first-order valence-corrected chi connectivity index (χ1v) is 7.60. The van der Waals surface area contributed by atoms with E-state index < -0.39 is 0 Å². The molecule has 1 aromatic carbocycles. The van der Waals surface area contributed by atoms with Gasteiger partial charge < -0.3 is 14.6 Å². The van der Waals surface area contributed by atoms with Gasteiger partial charge in [0, 0.05) is 25.5 Å². The van der Waals surface area contributed by atoms with Crippen LogP contribution in [0, 0.1) is 0 Å². The minimum absolute atomic E-state index is 0.142. The lowest BCUT2D eigenvalue weighted by molar-refractivity contribution is 0.0946. The van der Waals surface area contributed by atoms with E-state index in [0.717, 1.165) is 23.3 Å². The van der Waals surface area contributed by atoms with E-state index >= 15 is 0 Å². The third-order valence-electron chi connectivity index (χ3n) is 3.64. The molecule has 0 atom stereocenters. The van der Waals surface area contributed by atoms with E-state index in [1.165, 1.54) is 0 Å². The van der Waals surface area contributed by atoms with Crippen molar-refractivity contribution in [3.05, 3.63) is 60.6 Å². The number of carbonyl (C=O) groups is 1. The molecular formula is C18H20N4O. The number of aromatic nitrogens is 2. The lowest BCUT2D eigenvalue weighted by Crippen LogP contribution is -2.31. The first-order valence-electron chi connectivity index (χ1n) is 7.60. The predicted molar refractivity (Wildman–Crippen MR) is 91.5 cm³/mol. The Bertz CT molecular complexity index is 808. The Balaban J connectivity index is 1.81. The summed E-state index contributed by atoms with van der Waals surface area (Å²) in [5.74, 6) is -0.142. The molecule has 0 saturated heterocycles. The number of nitrogens with zero attached hydrogens (tertiary/aromatic N) is 3. The van der Waals surface area contributed by atoms with Gasteiger partial charge in [-0.15, -0.1) is 0 Å². The smallest absolute Gasteiger partial charge is 0.271 e. The van der Waals surface area contributed by atoms with Crippen molar-refractivity contribution in [1.29, 1.82) is 0 Å². The Kier molecular flexibility index (Phi) is 4.39. The zero-order valence-electron chi connectivity index (χ0n) is 13.4. The van der Waals surface area contributed by atoms with E-state index in [1.54, 1.807) is 6.20 Å². The van der Waals surface area contributed by atoms with Crippen molar-refractivity contribution in [3.63, 3.8) is 0 Å². The number of imidazole rings is 1. The molecule has 0 unspecified atom stereocenters. The molecule has 3 aromatic rings. The fourth-order valence-corrected chi connectivity index (χ4v) is 2.39. The van der Waals surface area contributed by atoms with Crippen LogP contribution in [0.3, 0.4) is 0 Å². The van der Waals surface area contributed by atoms with Gasteiger partial charge in [0.2, 0.25) is 0 Å². The number of carbonyl (C=O) groups excluding carboxylic acids is 1. The van der Waals surface area contributed by atoms with Crippen molar-refractivity contribution in [2.24, 2.45) is 0 Å². The van der Waals surface area contributed by atoms with Crippen LogP contribution in [0.15, 0.2) is 54.9 Å². The predicted octanol–water partition coefficient (Wildman–Crippen LogP) is 2.29. The molecule has 5 heteroatoms. The standard InChI is InChI=1S/C18H20N4O/c1-21(2)11-10-19-18(23)16-13-22-12-15(8-9-17(22)20-16)14-6-4-3-5-7-14/h3-9,12-13H,10-11H2,1-2H3,(H,19,23). The molecule has 118 valence electrons. The first kappa shape index (κ1) is 15.2. The van der Waals surface area contributed by atoms with E-state index in [9.17, 15) is 4.79 Å². The van der Waals surface area contributed by atoms with Crippen LogP contribution in [0.25, 0.3) is 16.8 Å². The summed E-state index contributed by atoms with van der Waals surface area (Å²) in [6, 6.07) is 14.1. The molecule has 23 heavy (non-hydrogen) atoms. The van der Waals surface area contributed by atoms with Gasteiger partial charge in [0.1, 0.15) is 11.3 Å². The number of rotatable bonds is 5. The van der Waals surface area contributed by atoms with E-state index in [2.05, 4.69) is 22.4 Å². The first-order chi connectivity index (χ1) is 11.1. The summed E-state index contributed by atoms with van der Waals surface area (Å²) in [5.41, 5.74) is 3.44. The van der Waals surface area contributed by atoms with Gasteiger partial charge in [0.15, 0.2) is 0 Å². The van der Waals surface area contributed by atoms with Crippen LogP contribution in [0.2, 0.25) is 0 Å². The maximum absolute atomic E-state index is 12.1. The van der Waals surface area contributed by atoms with Crippen molar-refractivity contribution >= 4 is 11.6 Å². The van der Waals surface area contributed by atoms with Crippen LogP contribution < -0.4 is 5.32 Å². The number of fused-ring (bicyclic) bond motifs is 1. The Morgan fingerprint density at radius 2 is 1.87 bits per heavy atom. The number of hydrogen-bond donors (Lipinski definition) is 1. The van der Waals surface area contributed by atoms with Crippen LogP contribution in [-0.2, 0) is 0 Å². The van der Waals surface area contributed by atoms with Gasteiger partial charge in [-0.25, -0.2) is 4.98 Å². The Hall–Kier alpha value is -2.66. The topological polar surface area (TPSA) is 49.6 Å². The van der Waals surface area contributed by atoms with Gasteiger partial charge in [-0.05, 0) is 37.4 Å². The van der Waals surface area contributed by atoms with Crippen LogP contribution >= 0.6 is 0 Å². The minimum atomic E-state index is -0.142. The maximum atomic E-state index is 12.1. The molecule has 0 aliphatic carbocycles. The molecular weight excluding hydrogens is 288 g/mol. The van der Waals surface area contributed by atoms with E-state index in [1.807, 2.05) is 59.9 Å². The molecule has 0 bridgehead atoms. The maximum Gasteiger partial charge on any atom is 0.271 e. The third-order valence-corrected chi connectivity index (χ3v) is 3.64. The highest BCUT2D eigenvalue weighted by Gasteiger charge is 2.10. The highest BCUT2D eigenvalue weighted by molar-refractivity contribution is 5.92. The lowest BCUT2D eigenvalue weighted by atomic mass is 10.1. The summed E-state index contributed by atoms with van der Waals surface area (Å²) in [7, 11) is 3.95. The number of pyridine rings is 1. The summed E-state index contributed by atoms with van der Waals surface area (Å²) in [6.07, 6.45) is 3.76. The second kappa shape index (κ2) is 6.62. The van der Waals surface area contributed by atoms with E-state index in [-0.39, 0.29) is 5.91 Å². The third kappa shape index (κ3) is 3.57. The normalized spacial score (nSPS) is 11.1. The summed E-state index contributed by atoms with van der Waals surface area (Å²) in [5, 5.41) is 2.88. The largest absolute Gasteiger partial charge is 0.349 e. The van der Waals surface area contributed by atoms with Gasteiger partial charge in [0.05, 0.1) is 0 Å². The summed E-state index contributed by atoms with van der Waals surface area (Å²) in [6.45, 7) is 1.41. The van der Waals surface area contributed by atoms with Gasteiger partial charge in [-0.3, -0.25) is 4.79 Å². The summed E-state index contributed by atoms with van der Waals surface area (Å²) < 4.78 is 1.89. The van der Waals surface area contributed by atoms with Crippen molar-refractivity contribution in [2.75, 3.05) is 27.2 Å². The van der Waals surface area contributed by atoms with Crippen LogP contribution in [0.5, 0.6) is 0 Å². The molecule has 0 spiro atoms. The summed E-state index contributed by atoms with van der Waals surface area (Å²) in [4.78, 5) is 18.6. The van der Waals surface area contributed by atoms with Gasteiger partial charge in [0.25, 0.3) is 5.91 Å². The zero-order valence-corrected chi connectivity index (χ0v) is 13.4. The quantitative estimate of drug-likeness (QED) is 0.787. The molecule has 2 aromatic heterocycles. The Morgan fingerprint density at radius 3 is 2.61 bits per heavy atom. The highest BCUT2D eigenvalue weighted by atomic mass is 16.1. The molecule has 0 aliphatic rings. The molecule has 1 amide bonds. The van der Waals surface area contributed by atoms with Gasteiger partial charge >= 0.3 is 0 Å². The second-order valence-corrected chi connectivity index (χ2v) is 5.73. The van der Waals surface area contributed by atoms with Crippen LogP contribution in [0.1, 0.15) is 10.5 Å². The fourth-order valence-electron chi connectivity index (χ4n) is 2.39. The molecule has 1 N–H and O–H groups in total. The molecule has 0 saturated carbocycles. The minimum Gasteiger partial charge on any atom is -0.349 e. The van der Waals surface area contributed by atoms with Gasteiger partial charge in [-0.2, -0.15) is 0 Å². The summed E-state index contributed by atoms with van der Waals surface area (Å²) >= 11 is 0. The fraction of sp³-hybridized carbons (Fsp3) is 0.222. The lowest BCUT2D eigenvalue weighted by Gasteiger charge is -2.09. The molecule has 5 nitrogen and oxygen atoms in total. The second-order valence-electron chi connectivity index (χ2n) is 5.73. The Morgan fingerprint density at radius 1 is 1.09 bits per heavy atom. The van der Waals surface area contributed by atoms with Crippen LogP contribution in [-0.4, -0.2) is 47.4 Å². The number of amides is 1. The monoisotopic (exact) mass is 308 g/mol. The number of likely N-dealkylation sites (N-methyl/N-ethyl adjacent to an activating group) is 1. The number of hydrogen-bond acceptors (Lipinski definition) is 3. The number of benzene rings is 1. The van der Waals surface area contributed by atoms with Gasteiger partial charge in [-0.1, -0.05) is 30.3 Å². The van der Waals surface area contributed by atoms with Crippen molar-refractivity contribution in [3.8, 4) is 11.1 Å². The zero-order chi connectivity index (χ0) is 16.2. The highest BCUT2D eigenvalue weighted by Crippen LogP contribution is 2.19.